The number of benzene rings is 1. The van der Waals surface area contributed by atoms with Crippen LogP contribution in [0.15, 0.2) is 36.7 Å². The molecule has 6 heteroatoms. The third-order valence-electron chi connectivity index (χ3n) is 3.78. The number of methoxy groups -OCH3 is 1. The van der Waals surface area contributed by atoms with Gasteiger partial charge in [0.25, 0.3) is 0 Å². The topological polar surface area (TPSA) is 77.5 Å². The summed E-state index contributed by atoms with van der Waals surface area (Å²) >= 11 is 0. The van der Waals surface area contributed by atoms with Gasteiger partial charge >= 0.3 is 5.97 Å². The number of carbonyl (C=O) groups excluding carboxylic acids is 2. The van der Waals surface area contributed by atoms with Gasteiger partial charge in [0.15, 0.2) is 0 Å². The molecule has 2 rings (SSSR count). The lowest BCUT2D eigenvalue weighted by Gasteiger charge is -2.09. The van der Waals surface area contributed by atoms with Crippen LogP contribution in [-0.4, -0.2) is 30.6 Å². The Balaban J connectivity index is 1.77. The molecular weight excluding hydrogens is 320 g/mol. The molecule has 6 nitrogen and oxygen atoms in total. The number of rotatable bonds is 7. The van der Waals surface area contributed by atoms with Gasteiger partial charge in [0, 0.05) is 18.9 Å². The molecule has 0 atom stereocenters. The zero-order chi connectivity index (χ0) is 18.2. The fourth-order valence-corrected chi connectivity index (χ4v) is 2.17. The van der Waals surface area contributed by atoms with Crippen molar-refractivity contribution in [3.8, 4) is 5.75 Å². The van der Waals surface area contributed by atoms with E-state index < -0.39 is 5.97 Å². The first-order valence-electron chi connectivity index (χ1n) is 7.98. The van der Waals surface area contributed by atoms with E-state index in [2.05, 4.69) is 15.0 Å². The number of pyridine rings is 1. The summed E-state index contributed by atoms with van der Waals surface area (Å²) < 4.78 is 10.2. The average Bonchev–Trinajstić information content (AvgIpc) is 2.62. The minimum Gasteiger partial charge on any atom is -0.493 e. The van der Waals surface area contributed by atoms with Gasteiger partial charge in [0.1, 0.15) is 5.75 Å². The SMILES string of the molecule is COC(=O)c1cncc(CNC(=O)CCOc2ccc(C)c(C)c2)c1. The maximum atomic E-state index is 11.9. The molecule has 0 radical (unpaired) electrons. The molecule has 0 saturated heterocycles. The molecule has 1 amide bonds. The molecule has 0 aliphatic carbocycles. The van der Waals surface area contributed by atoms with Crippen molar-refractivity contribution in [2.45, 2.75) is 26.8 Å². The smallest absolute Gasteiger partial charge is 0.339 e. The molecule has 0 unspecified atom stereocenters. The van der Waals surface area contributed by atoms with Gasteiger partial charge in [-0.25, -0.2) is 4.79 Å². The van der Waals surface area contributed by atoms with Gasteiger partial charge in [-0.3, -0.25) is 9.78 Å². The second-order valence-corrected chi connectivity index (χ2v) is 5.69. The van der Waals surface area contributed by atoms with Gasteiger partial charge in [-0.15, -0.1) is 0 Å². The molecule has 2 aromatic rings. The maximum absolute atomic E-state index is 11.9. The van der Waals surface area contributed by atoms with E-state index in [1.165, 1.54) is 18.9 Å². The lowest BCUT2D eigenvalue weighted by molar-refractivity contribution is -0.121. The van der Waals surface area contributed by atoms with Gasteiger partial charge in [0.2, 0.25) is 5.91 Å². The van der Waals surface area contributed by atoms with Gasteiger partial charge in [-0.05, 0) is 48.7 Å². The largest absolute Gasteiger partial charge is 0.493 e. The maximum Gasteiger partial charge on any atom is 0.339 e. The molecule has 0 saturated carbocycles. The molecule has 0 aliphatic rings. The number of esters is 1. The molecule has 1 N–H and O–H groups in total. The number of amides is 1. The second kappa shape index (κ2) is 8.82. The van der Waals surface area contributed by atoms with Crippen molar-refractivity contribution in [1.82, 2.24) is 10.3 Å². The summed E-state index contributed by atoms with van der Waals surface area (Å²) in [4.78, 5) is 27.3. The van der Waals surface area contributed by atoms with E-state index in [1.807, 2.05) is 32.0 Å². The van der Waals surface area contributed by atoms with E-state index in [0.29, 0.717) is 18.7 Å². The minimum atomic E-state index is -0.456. The second-order valence-electron chi connectivity index (χ2n) is 5.69. The quantitative estimate of drug-likeness (QED) is 0.783. The van der Waals surface area contributed by atoms with Crippen LogP contribution >= 0.6 is 0 Å². The van der Waals surface area contributed by atoms with E-state index in [1.54, 1.807) is 12.3 Å². The van der Waals surface area contributed by atoms with Gasteiger partial charge in [-0.1, -0.05) is 6.07 Å². The Bertz CT molecular complexity index is 759. The Kier molecular flexibility index (Phi) is 6.51. The van der Waals surface area contributed by atoms with Crippen LogP contribution in [0.5, 0.6) is 5.75 Å². The number of aryl methyl sites for hydroxylation is 2. The van der Waals surface area contributed by atoms with Crippen molar-refractivity contribution in [3.05, 3.63) is 58.9 Å². The van der Waals surface area contributed by atoms with Crippen LogP contribution in [0, 0.1) is 13.8 Å². The normalized spacial score (nSPS) is 10.2. The molecule has 25 heavy (non-hydrogen) atoms. The molecule has 0 aliphatic heterocycles. The van der Waals surface area contributed by atoms with Crippen molar-refractivity contribution in [1.29, 1.82) is 0 Å². The van der Waals surface area contributed by atoms with Gasteiger partial charge in [0.05, 0.1) is 25.7 Å². The Hall–Kier alpha value is -2.89. The van der Waals surface area contributed by atoms with Crippen LogP contribution in [-0.2, 0) is 16.1 Å². The third kappa shape index (κ3) is 5.60. The highest BCUT2D eigenvalue weighted by molar-refractivity contribution is 5.89. The standard InChI is InChI=1S/C19H22N2O4/c1-13-4-5-17(8-14(13)2)25-7-6-18(22)21-11-15-9-16(12-20-10-15)19(23)24-3/h4-5,8-10,12H,6-7,11H2,1-3H3,(H,21,22). The predicted octanol–water partition coefficient (Wildman–Crippen LogP) is 2.57. The Morgan fingerprint density at radius 3 is 2.64 bits per heavy atom. The number of hydrogen-bond donors (Lipinski definition) is 1. The Morgan fingerprint density at radius 1 is 1.12 bits per heavy atom. The van der Waals surface area contributed by atoms with Crippen molar-refractivity contribution < 1.29 is 19.1 Å². The summed E-state index contributed by atoms with van der Waals surface area (Å²) in [6, 6.07) is 7.48. The number of carbonyl (C=O) groups is 2. The van der Waals surface area contributed by atoms with E-state index >= 15 is 0 Å². The number of nitrogens with one attached hydrogen (secondary N) is 1. The lowest BCUT2D eigenvalue weighted by atomic mass is 10.1. The van der Waals surface area contributed by atoms with E-state index in [9.17, 15) is 9.59 Å². The molecule has 0 spiro atoms. The molecule has 1 aromatic carbocycles. The molecule has 0 bridgehead atoms. The molecule has 1 aromatic heterocycles. The van der Waals surface area contributed by atoms with Crippen molar-refractivity contribution in [2.75, 3.05) is 13.7 Å². The monoisotopic (exact) mass is 342 g/mol. The summed E-state index contributed by atoms with van der Waals surface area (Å²) in [6.07, 6.45) is 3.27. The fraction of sp³-hybridized carbons (Fsp3) is 0.316. The van der Waals surface area contributed by atoms with Crippen LogP contribution in [0.4, 0.5) is 0 Å². The number of ether oxygens (including phenoxy) is 2. The first-order chi connectivity index (χ1) is 12.0. The summed E-state index contributed by atoms with van der Waals surface area (Å²) in [6.45, 7) is 4.65. The van der Waals surface area contributed by atoms with Gasteiger partial charge in [-0.2, -0.15) is 0 Å². The van der Waals surface area contributed by atoms with Crippen LogP contribution in [0.1, 0.15) is 33.5 Å². The van der Waals surface area contributed by atoms with Crippen molar-refractivity contribution >= 4 is 11.9 Å². The van der Waals surface area contributed by atoms with E-state index in [-0.39, 0.29) is 12.3 Å². The predicted molar refractivity (Wildman–Crippen MR) is 93.5 cm³/mol. The van der Waals surface area contributed by atoms with Crippen molar-refractivity contribution in [3.63, 3.8) is 0 Å². The van der Waals surface area contributed by atoms with E-state index in [4.69, 9.17) is 4.74 Å². The van der Waals surface area contributed by atoms with Crippen LogP contribution in [0.2, 0.25) is 0 Å². The molecule has 0 fully saturated rings. The van der Waals surface area contributed by atoms with Crippen LogP contribution in [0.25, 0.3) is 0 Å². The first kappa shape index (κ1) is 18.4. The Morgan fingerprint density at radius 2 is 1.92 bits per heavy atom. The van der Waals surface area contributed by atoms with Gasteiger partial charge < -0.3 is 14.8 Å². The highest BCUT2D eigenvalue weighted by Crippen LogP contribution is 2.16. The lowest BCUT2D eigenvalue weighted by Crippen LogP contribution is -2.24. The van der Waals surface area contributed by atoms with Crippen LogP contribution < -0.4 is 10.1 Å². The zero-order valence-electron chi connectivity index (χ0n) is 14.7. The highest BCUT2D eigenvalue weighted by atomic mass is 16.5. The number of hydrogen-bond acceptors (Lipinski definition) is 5. The summed E-state index contributed by atoms with van der Waals surface area (Å²) in [7, 11) is 1.31. The summed E-state index contributed by atoms with van der Waals surface area (Å²) in [5, 5.41) is 2.78. The van der Waals surface area contributed by atoms with Crippen molar-refractivity contribution in [2.24, 2.45) is 0 Å². The summed E-state index contributed by atoms with van der Waals surface area (Å²) in [5.74, 6) is 0.167. The Labute approximate surface area is 147 Å². The zero-order valence-corrected chi connectivity index (χ0v) is 14.7. The molecular formula is C19H22N2O4. The molecule has 132 valence electrons. The minimum absolute atomic E-state index is 0.132. The summed E-state index contributed by atoms with van der Waals surface area (Å²) in [5.41, 5.74) is 3.44. The third-order valence-corrected chi connectivity index (χ3v) is 3.78. The number of nitrogens with zero attached hydrogens (tertiary/aromatic N) is 1. The average molecular weight is 342 g/mol. The van der Waals surface area contributed by atoms with Crippen LogP contribution in [0.3, 0.4) is 0 Å². The first-order valence-corrected chi connectivity index (χ1v) is 7.98. The number of aromatic nitrogens is 1. The van der Waals surface area contributed by atoms with E-state index in [0.717, 1.165) is 16.9 Å². The molecule has 1 heterocycles. The fourth-order valence-electron chi connectivity index (χ4n) is 2.17. The highest BCUT2D eigenvalue weighted by Gasteiger charge is 2.08.